The summed E-state index contributed by atoms with van der Waals surface area (Å²) in [5.41, 5.74) is -0.867. The molecule has 0 fully saturated rings. The lowest BCUT2D eigenvalue weighted by Crippen LogP contribution is -2.37. The molecule has 0 aliphatic carbocycles. The van der Waals surface area contributed by atoms with E-state index in [1.165, 1.54) is 0 Å². The fourth-order valence-electron chi connectivity index (χ4n) is 1.77. The van der Waals surface area contributed by atoms with Crippen LogP contribution in [0.15, 0.2) is 33.2 Å². The van der Waals surface area contributed by atoms with Crippen LogP contribution in [-0.4, -0.2) is 29.9 Å². The quantitative estimate of drug-likeness (QED) is 0.431. The largest absolute Gasteiger partial charge is 0.467 e. The van der Waals surface area contributed by atoms with Gasteiger partial charge in [-0.1, -0.05) is 0 Å². The van der Waals surface area contributed by atoms with Crippen molar-refractivity contribution < 1.29 is 17.6 Å². The molecule has 0 aliphatic rings. The van der Waals surface area contributed by atoms with Gasteiger partial charge in [0.2, 0.25) is 0 Å². The van der Waals surface area contributed by atoms with Crippen LogP contribution >= 0.6 is 35.3 Å². The Labute approximate surface area is 152 Å². The van der Waals surface area contributed by atoms with Crippen molar-refractivity contribution in [3.8, 4) is 0 Å². The van der Waals surface area contributed by atoms with Gasteiger partial charge in [0.15, 0.2) is 11.7 Å². The van der Waals surface area contributed by atoms with E-state index in [0.29, 0.717) is 17.5 Å². The summed E-state index contributed by atoms with van der Waals surface area (Å²) in [6, 6.07) is 3.62. The first-order chi connectivity index (χ1) is 10.4. The highest BCUT2D eigenvalue weighted by atomic mass is 127. The molecule has 0 aliphatic heterocycles. The molecule has 0 spiro atoms. The minimum Gasteiger partial charge on any atom is -0.467 e. The molecule has 0 aromatic carbocycles. The van der Waals surface area contributed by atoms with Crippen LogP contribution in [0, 0.1) is 0 Å². The molecule has 128 valence electrons. The summed E-state index contributed by atoms with van der Waals surface area (Å²) in [5.74, 6) is 1.30. The van der Waals surface area contributed by atoms with E-state index < -0.39 is 11.9 Å². The molecule has 23 heavy (non-hydrogen) atoms. The predicted octanol–water partition coefficient (Wildman–Crippen LogP) is 3.58. The Morgan fingerprint density at radius 1 is 1.48 bits per heavy atom. The van der Waals surface area contributed by atoms with E-state index in [2.05, 4.69) is 15.3 Å². The van der Waals surface area contributed by atoms with Gasteiger partial charge in [0.05, 0.1) is 19.4 Å². The standard InChI is InChI=1S/C13H15F3N4OS.HI/c1-17-12(20(2)7-9-4-3-5-21-9)18-6-11-19-10(8-22-11)13(14,15)16;/h3-5,8H,6-7H2,1-2H3,(H,17,18);1H. The second-order valence-corrected chi connectivity index (χ2v) is 5.40. The number of halogens is 4. The normalized spacial score (nSPS) is 12.0. The van der Waals surface area contributed by atoms with Crippen LogP contribution in [0.25, 0.3) is 0 Å². The van der Waals surface area contributed by atoms with Gasteiger partial charge in [-0.2, -0.15) is 13.2 Å². The zero-order valence-electron chi connectivity index (χ0n) is 12.4. The number of nitrogens with zero attached hydrogens (tertiary/aromatic N) is 3. The molecule has 0 amide bonds. The maximum atomic E-state index is 12.5. The smallest absolute Gasteiger partial charge is 0.434 e. The third-order valence-corrected chi connectivity index (χ3v) is 3.64. The number of hydrogen-bond acceptors (Lipinski definition) is 4. The zero-order chi connectivity index (χ0) is 16.2. The lowest BCUT2D eigenvalue weighted by Gasteiger charge is -2.20. The average molecular weight is 460 g/mol. The zero-order valence-corrected chi connectivity index (χ0v) is 15.6. The van der Waals surface area contributed by atoms with Crippen molar-refractivity contribution in [2.45, 2.75) is 19.3 Å². The molecule has 2 heterocycles. The molecule has 0 unspecified atom stereocenters. The van der Waals surface area contributed by atoms with E-state index in [4.69, 9.17) is 4.42 Å². The maximum Gasteiger partial charge on any atom is 0.434 e. The molecule has 5 nitrogen and oxygen atoms in total. The summed E-state index contributed by atoms with van der Waals surface area (Å²) in [6.45, 7) is 0.675. The first-order valence-corrected chi connectivity index (χ1v) is 7.24. The van der Waals surface area contributed by atoms with Gasteiger partial charge in [-0.3, -0.25) is 4.99 Å². The summed E-state index contributed by atoms with van der Waals surface area (Å²) in [4.78, 5) is 9.45. The second kappa shape index (κ2) is 8.52. The third-order valence-electron chi connectivity index (χ3n) is 2.79. The lowest BCUT2D eigenvalue weighted by atomic mass is 10.4. The summed E-state index contributed by atoms with van der Waals surface area (Å²) in [6.07, 6.45) is -2.83. The number of rotatable bonds is 4. The highest BCUT2D eigenvalue weighted by molar-refractivity contribution is 14.0. The average Bonchev–Trinajstić information content (AvgIpc) is 3.09. The minimum absolute atomic E-state index is 0. The molecular formula is C13H16F3IN4OS. The SMILES string of the molecule is CN=C(NCc1nc(C(F)(F)F)cs1)N(C)Cc1ccco1.I. The van der Waals surface area contributed by atoms with Crippen LogP contribution in [0.2, 0.25) is 0 Å². The van der Waals surface area contributed by atoms with Crippen LogP contribution in [-0.2, 0) is 19.3 Å². The van der Waals surface area contributed by atoms with Crippen LogP contribution in [0.1, 0.15) is 16.5 Å². The van der Waals surface area contributed by atoms with Gasteiger partial charge in [0.25, 0.3) is 0 Å². The Balaban J connectivity index is 0.00000264. The Morgan fingerprint density at radius 2 is 2.22 bits per heavy atom. The van der Waals surface area contributed by atoms with Crippen molar-refractivity contribution in [3.63, 3.8) is 0 Å². The van der Waals surface area contributed by atoms with Gasteiger partial charge in [-0.25, -0.2) is 4.98 Å². The van der Waals surface area contributed by atoms with Gasteiger partial charge in [-0.15, -0.1) is 35.3 Å². The number of guanidine groups is 1. The van der Waals surface area contributed by atoms with E-state index in [1.54, 1.807) is 31.3 Å². The molecule has 2 rings (SSSR count). The fraction of sp³-hybridized carbons (Fsp3) is 0.385. The number of aromatic nitrogens is 1. The summed E-state index contributed by atoms with van der Waals surface area (Å²) in [7, 11) is 3.41. The van der Waals surface area contributed by atoms with E-state index in [1.807, 2.05) is 6.07 Å². The van der Waals surface area contributed by atoms with Gasteiger partial charge < -0.3 is 14.6 Å². The number of nitrogens with one attached hydrogen (secondary N) is 1. The lowest BCUT2D eigenvalue weighted by molar-refractivity contribution is -0.140. The molecule has 2 aromatic rings. The van der Waals surface area contributed by atoms with E-state index in [0.717, 1.165) is 22.5 Å². The Kier molecular flexibility index (Phi) is 7.32. The number of alkyl halides is 3. The maximum absolute atomic E-state index is 12.5. The van der Waals surface area contributed by atoms with E-state index in [-0.39, 0.29) is 30.5 Å². The first kappa shape index (κ1) is 19.7. The molecule has 1 N–H and O–H groups in total. The Morgan fingerprint density at radius 3 is 2.74 bits per heavy atom. The van der Waals surface area contributed by atoms with Crippen molar-refractivity contribution in [1.82, 2.24) is 15.2 Å². The monoisotopic (exact) mass is 460 g/mol. The molecule has 0 bridgehead atoms. The van der Waals surface area contributed by atoms with Crippen LogP contribution in [0.3, 0.4) is 0 Å². The fourth-order valence-corrected chi connectivity index (χ4v) is 2.51. The summed E-state index contributed by atoms with van der Waals surface area (Å²) in [5, 5.41) is 4.33. The van der Waals surface area contributed by atoms with E-state index in [9.17, 15) is 13.2 Å². The molecular weight excluding hydrogens is 444 g/mol. The van der Waals surface area contributed by atoms with Crippen molar-refractivity contribution >= 4 is 41.3 Å². The van der Waals surface area contributed by atoms with Crippen LogP contribution in [0.4, 0.5) is 13.2 Å². The summed E-state index contributed by atoms with van der Waals surface area (Å²) >= 11 is 0.960. The van der Waals surface area contributed by atoms with Gasteiger partial charge in [0, 0.05) is 19.5 Å². The number of hydrogen-bond donors (Lipinski definition) is 1. The summed E-state index contributed by atoms with van der Waals surface area (Å²) < 4.78 is 42.7. The Bertz CT molecular complexity index is 627. The molecule has 0 saturated carbocycles. The number of furan rings is 1. The topological polar surface area (TPSA) is 53.7 Å². The molecule has 0 atom stereocenters. The van der Waals surface area contributed by atoms with Crippen molar-refractivity contribution in [2.24, 2.45) is 4.99 Å². The van der Waals surface area contributed by atoms with Crippen molar-refractivity contribution in [1.29, 1.82) is 0 Å². The molecule has 2 aromatic heterocycles. The highest BCUT2D eigenvalue weighted by Crippen LogP contribution is 2.29. The highest BCUT2D eigenvalue weighted by Gasteiger charge is 2.33. The minimum atomic E-state index is -4.41. The van der Waals surface area contributed by atoms with Gasteiger partial charge in [-0.05, 0) is 12.1 Å². The van der Waals surface area contributed by atoms with Crippen molar-refractivity contribution in [3.05, 3.63) is 40.2 Å². The second-order valence-electron chi connectivity index (χ2n) is 4.46. The molecule has 0 saturated heterocycles. The van der Waals surface area contributed by atoms with Crippen LogP contribution in [0.5, 0.6) is 0 Å². The van der Waals surface area contributed by atoms with Gasteiger partial charge >= 0.3 is 6.18 Å². The van der Waals surface area contributed by atoms with Crippen molar-refractivity contribution in [2.75, 3.05) is 14.1 Å². The number of thiazole rings is 1. The molecule has 0 radical (unpaired) electrons. The first-order valence-electron chi connectivity index (χ1n) is 6.36. The van der Waals surface area contributed by atoms with Crippen LogP contribution < -0.4 is 5.32 Å². The predicted molar refractivity (Wildman–Crippen MR) is 92.9 cm³/mol. The number of aliphatic imine (C=N–C) groups is 1. The third kappa shape index (κ3) is 5.68. The van der Waals surface area contributed by atoms with E-state index >= 15 is 0 Å². The Hall–Kier alpha value is -1.30. The molecule has 10 heteroatoms. The van der Waals surface area contributed by atoms with Gasteiger partial charge in [0.1, 0.15) is 10.8 Å².